The lowest BCUT2D eigenvalue weighted by Crippen LogP contribution is -2.25. The zero-order chi connectivity index (χ0) is 26.5. The van der Waals surface area contributed by atoms with Crippen LogP contribution < -0.4 is 15.6 Å². The van der Waals surface area contributed by atoms with E-state index in [2.05, 4.69) is 26.3 Å². The van der Waals surface area contributed by atoms with Crippen molar-refractivity contribution in [3.8, 4) is 5.75 Å². The molecule has 1 N–H and O–H groups in total. The van der Waals surface area contributed by atoms with E-state index < -0.39 is 0 Å². The number of hydrogen-bond acceptors (Lipinski definition) is 5. The molecular weight excluding hydrogens is 568 g/mol. The van der Waals surface area contributed by atoms with Gasteiger partial charge in [-0.25, -0.2) is 4.98 Å². The van der Waals surface area contributed by atoms with Gasteiger partial charge >= 0.3 is 0 Å². The van der Waals surface area contributed by atoms with Crippen LogP contribution in [0, 0.1) is 0 Å². The van der Waals surface area contributed by atoms with Gasteiger partial charge in [0.25, 0.3) is 11.5 Å². The Morgan fingerprint density at radius 2 is 1.87 bits per heavy atom. The third-order valence-electron chi connectivity index (χ3n) is 6.52. The Labute approximate surface area is 233 Å². The fraction of sp³-hybridized carbons (Fsp3) is 0.241. The minimum absolute atomic E-state index is 0.171. The standard InChI is InChI=1S/C29H26BrClN4O3/c30-21-10-15-25-24(16-21)29(37)35(28(34-25)19-6-2-1-3-7-19)32-17-20-8-4-5-9-26(20)38-18-27(36)33-23-13-11-22(31)12-14-23/h4-5,8-17,19H,1-3,6-7,18H2,(H,33,36). The third-order valence-corrected chi connectivity index (χ3v) is 7.27. The molecule has 0 bridgehead atoms. The van der Waals surface area contributed by atoms with Crippen molar-refractivity contribution < 1.29 is 9.53 Å². The SMILES string of the molecule is O=C(COc1ccccc1C=Nn1c(C2CCCCC2)nc2ccc(Br)cc2c1=O)Nc1ccc(Cl)cc1. The maximum atomic E-state index is 13.6. The van der Waals surface area contributed by atoms with E-state index in [1.807, 2.05) is 30.3 Å². The van der Waals surface area contributed by atoms with Gasteiger partial charge in [0, 0.05) is 26.7 Å². The summed E-state index contributed by atoms with van der Waals surface area (Å²) in [6.07, 6.45) is 6.96. The average molecular weight is 594 g/mol. The Hall–Kier alpha value is -3.49. The molecule has 0 saturated heterocycles. The van der Waals surface area contributed by atoms with E-state index in [1.165, 1.54) is 11.1 Å². The van der Waals surface area contributed by atoms with Crippen LogP contribution in [0.25, 0.3) is 10.9 Å². The number of nitrogens with one attached hydrogen (secondary N) is 1. The van der Waals surface area contributed by atoms with E-state index in [1.54, 1.807) is 42.6 Å². The fourth-order valence-electron chi connectivity index (χ4n) is 4.61. The molecule has 9 heteroatoms. The first-order valence-corrected chi connectivity index (χ1v) is 13.7. The lowest BCUT2D eigenvalue weighted by molar-refractivity contribution is -0.118. The van der Waals surface area contributed by atoms with Gasteiger partial charge in [0.05, 0.1) is 17.1 Å². The molecule has 0 atom stereocenters. The van der Waals surface area contributed by atoms with Crippen molar-refractivity contribution in [2.24, 2.45) is 5.10 Å². The summed E-state index contributed by atoms with van der Waals surface area (Å²) in [6, 6.07) is 19.6. The van der Waals surface area contributed by atoms with Gasteiger partial charge in [-0.1, -0.05) is 58.9 Å². The largest absolute Gasteiger partial charge is 0.483 e. The number of ether oxygens (including phenoxy) is 1. The lowest BCUT2D eigenvalue weighted by atomic mass is 9.88. The monoisotopic (exact) mass is 592 g/mol. The van der Waals surface area contributed by atoms with Crippen LogP contribution in [0.1, 0.15) is 49.4 Å². The van der Waals surface area contributed by atoms with Crippen LogP contribution in [-0.2, 0) is 4.79 Å². The summed E-state index contributed by atoms with van der Waals surface area (Å²) in [5, 5.41) is 8.47. The first-order valence-electron chi connectivity index (χ1n) is 12.5. The minimum Gasteiger partial charge on any atom is -0.483 e. The van der Waals surface area contributed by atoms with E-state index in [-0.39, 0.29) is 24.0 Å². The maximum Gasteiger partial charge on any atom is 0.282 e. The van der Waals surface area contributed by atoms with Gasteiger partial charge in [-0.3, -0.25) is 9.59 Å². The van der Waals surface area contributed by atoms with Gasteiger partial charge in [-0.05, 0) is 67.4 Å². The van der Waals surface area contributed by atoms with E-state index >= 15 is 0 Å². The molecule has 1 aliphatic carbocycles. The summed E-state index contributed by atoms with van der Waals surface area (Å²) in [6.45, 7) is -0.188. The van der Waals surface area contributed by atoms with Gasteiger partial charge in [0.2, 0.25) is 0 Å². The molecule has 1 aliphatic rings. The molecule has 7 nitrogen and oxygen atoms in total. The highest BCUT2D eigenvalue weighted by Gasteiger charge is 2.22. The number of rotatable bonds is 7. The molecule has 38 heavy (non-hydrogen) atoms. The number of para-hydroxylation sites is 1. The summed E-state index contributed by atoms with van der Waals surface area (Å²) in [5.74, 6) is 1.02. The van der Waals surface area contributed by atoms with Crippen LogP contribution >= 0.6 is 27.5 Å². The third kappa shape index (κ3) is 6.14. The van der Waals surface area contributed by atoms with Crippen molar-refractivity contribution in [2.75, 3.05) is 11.9 Å². The molecule has 0 unspecified atom stereocenters. The van der Waals surface area contributed by atoms with Crippen LogP contribution in [0.2, 0.25) is 5.02 Å². The number of halogens is 2. The maximum absolute atomic E-state index is 13.6. The topological polar surface area (TPSA) is 85.6 Å². The molecule has 1 heterocycles. The van der Waals surface area contributed by atoms with Crippen molar-refractivity contribution in [3.05, 3.63) is 98.0 Å². The Kier molecular flexibility index (Phi) is 8.20. The summed E-state index contributed by atoms with van der Waals surface area (Å²) in [4.78, 5) is 30.8. The van der Waals surface area contributed by atoms with Gasteiger partial charge < -0.3 is 10.1 Å². The lowest BCUT2D eigenvalue weighted by Gasteiger charge is -2.22. The number of nitrogens with zero attached hydrogens (tertiary/aromatic N) is 3. The second-order valence-corrected chi connectivity index (χ2v) is 10.6. The number of anilines is 1. The zero-order valence-corrected chi connectivity index (χ0v) is 22.9. The van der Waals surface area contributed by atoms with Crippen LogP contribution in [0.3, 0.4) is 0 Å². The quantitative estimate of drug-likeness (QED) is 0.240. The molecule has 1 saturated carbocycles. The highest BCUT2D eigenvalue weighted by atomic mass is 79.9. The molecule has 194 valence electrons. The predicted octanol–water partition coefficient (Wildman–Crippen LogP) is 6.76. The van der Waals surface area contributed by atoms with Crippen molar-refractivity contribution in [1.29, 1.82) is 0 Å². The number of amides is 1. The van der Waals surface area contributed by atoms with Gasteiger partial charge in [0.15, 0.2) is 6.61 Å². The molecule has 4 aromatic rings. The van der Waals surface area contributed by atoms with Crippen LogP contribution in [-0.4, -0.2) is 28.4 Å². The zero-order valence-electron chi connectivity index (χ0n) is 20.6. The molecule has 5 rings (SSSR count). The molecule has 1 fully saturated rings. The number of carbonyl (C=O) groups is 1. The van der Waals surface area contributed by atoms with Crippen LogP contribution in [0.4, 0.5) is 5.69 Å². The first-order chi connectivity index (χ1) is 18.5. The number of fused-ring (bicyclic) bond motifs is 1. The van der Waals surface area contributed by atoms with Crippen LogP contribution in [0.5, 0.6) is 5.75 Å². The second-order valence-electron chi connectivity index (χ2n) is 9.21. The molecule has 3 aromatic carbocycles. The van der Waals surface area contributed by atoms with Gasteiger partial charge in [-0.15, -0.1) is 0 Å². The van der Waals surface area contributed by atoms with Crippen LogP contribution in [0.15, 0.2) is 81.1 Å². The van der Waals surface area contributed by atoms with E-state index in [0.717, 1.165) is 30.2 Å². The number of benzene rings is 3. The molecule has 1 amide bonds. The molecule has 0 spiro atoms. The van der Waals surface area contributed by atoms with E-state index in [4.69, 9.17) is 21.3 Å². The summed E-state index contributed by atoms with van der Waals surface area (Å²) >= 11 is 9.36. The normalized spacial score (nSPS) is 14.2. The van der Waals surface area contributed by atoms with Gasteiger partial charge in [0.1, 0.15) is 11.6 Å². The Morgan fingerprint density at radius 1 is 1.11 bits per heavy atom. The average Bonchev–Trinajstić information content (AvgIpc) is 2.94. The highest BCUT2D eigenvalue weighted by molar-refractivity contribution is 9.10. The Morgan fingerprint density at radius 3 is 2.66 bits per heavy atom. The minimum atomic E-state index is -0.306. The summed E-state index contributed by atoms with van der Waals surface area (Å²) < 4.78 is 8.04. The smallest absolute Gasteiger partial charge is 0.282 e. The highest BCUT2D eigenvalue weighted by Crippen LogP contribution is 2.32. The second kappa shape index (κ2) is 11.9. The number of aromatic nitrogens is 2. The van der Waals surface area contributed by atoms with E-state index in [0.29, 0.717) is 38.8 Å². The number of carbonyl (C=O) groups excluding carboxylic acids is 1. The fourth-order valence-corrected chi connectivity index (χ4v) is 5.10. The van der Waals surface area contributed by atoms with Crippen molar-refractivity contribution in [2.45, 2.75) is 38.0 Å². The van der Waals surface area contributed by atoms with Crippen molar-refractivity contribution in [1.82, 2.24) is 9.66 Å². The number of hydrogen-bond donors (Lipinski definition) is 1. The molecule has 1 aromatic heterocycles. The Balaban J connectivity index is 1.41. The molecule has 0 radical (unpaired) electrons. The summed E-state index contributed by atoms with van der Waals surface area (Å²) in [5.41, 5.74) is 1.72. The Bertz CT molecular complexity index is 1550. The molecular formula is C29H26BrClN4O3. The van der Waals surface area contributed by atoms with Crippen molar-refractivity contribution >= 4 is 56.2 Å². The van der Waals surface area contributed by atoms with Crippen molar-refractivity contribution in [3.63, 3.8) is 0 Å². The van der Waals surface area contributed by atoms with Gasteiger partial charge in [-0.2, -0.15) is 9.78 Å². The van der Waals surface area contributed by atoms with E-state index in [9.17, 15) is 9.59 Å². The first kappa shape index (κ1) is 26.1. The molecule has 0 aliphatic heterocycles. The summed E-state index contributed by atoms with van der Waals surface area (Å²) in [7, 11) is 0. The predicted molar refractivity (Wildman–Crippen MR) is 155 cm³/mol.